The van der Waals surface area contributed by atoms with Gasteiger partial charge in [-0.2, -0.15) is 23.4 Å². The average Bonchev–Trinajstić information content (AvgIpc) is 3.48. The lowest BCUT2D eigenvalue weighted by atomic mass is 9.99. The van der Waals surface area contributed by atoms with Crippen LogP contribution in [-0.2, 0) is 19.6 Å². The molecule has 4 aromatic heterocycles. The van der Waals surface area contributed by atoms with Crippen molar-refractivity contribution < 1.29 is 26.7 Å². The first-order chi connectivity index (χ1) is 15.6. The molecule has 1 aliphatic heterocycles. The number of aromatic amines is 1. The monoisotopic (exact) mass is 465 g/mol. The maximum Gasteiger partial charge on any atom is 0.433 e. The number of hydrogen-bond acceptors (Lipinski definition) is 4. The van der Waals surface area contributed by atoms with E-state index in [2.05, 4.69) is 20.2 Å². The summed E-state index contributed by atoms with van der Waals surface area (Å²) in [5, 5.41) is 7.85. The number of carbonyl (C=O) groups is 1. The SMILES string of the molecule is Cn1nc(C(F)F)cc1C(=O)N1CCc2[nH]cnc2[C@@H]1c1cc2cccc(C(F)(F)F)n2n1. The predicted octanol–water partition coefficient (Wildman–Crippen LogP) is 3.54. The predicted molar refractivity (Wildman–Crippen MR) is 104 cm³/mol. The van der Waals surface area contributed by atoms with Gasteiger partial charge in [0.25, 0.3) is 12.3 Å². The van der Waals surface area contributed by atoms with Gasteiger partial charge < -0.3 is 9.88 Å². The lowest BCUT2D eigenvalue weighted by Crippen LogP contribution is -2.41. The molecular formula is C20H16F5N7O. The molecule has 0 saturated carbocycles. The Labute approximate surface area is 182 Å². The third-order valence-corrected chi connectivity index (χ3v) is 5.60. The lowest BCUT2D eigenvalue weighted by molar-refractivity contribution is -0.142. The number of halogens is 5. The van der Waals surface area contributed by atoms with Crippen LogP contribution in [0, 0.1) is 0 Å². The summed E-state index contributed by atoms with van der Waals surface area (Å²) < 4.78 is 68.5. The Morgan fingerprint density at radius 1 is 1.21 bits per heavy atom. The number of aromatic nitrogens is 6. The number of H-pyrrole nitrogens is 1. The number of fused-ring (bicyclic) bond motifs is 2. The highest BCUT2D eigenvalue weighted by molar-refractivity contribution is 5.93. The van der Waals surface area contributed by atoms with Crippen LogP contribution in [0.3, 0.4) is 0 Å². The third-order valence-electron chi connectivity index (χ3n) is 5.60. The van der Waals surface area contributed by atoms with Gasteiger partial charge >= 0.3 is 6.18 Å². The number of amides is 1. The van der Waals surface area contributed by atoms with Crippen LogP contribution in [0.1, 0.15) is 51.4 Å². The molecule has 0 aromatic carbocycles. The van der Waals surface area contributed by atoms with E-state index in [1.54, 1.807) is 0 Å². The minimum Gasteiger partial charge on any atom is -0.348 e. The van der Waals surface area contributed by atoms with Crippen molar-refractivity contribution in [3.8, 4) is 0 Å². The first-order valence-electron chi connectivity index (χ1n) is 9.86. The molecule has 0 bridgehead atoms. The molecule has 0 unspecified atom stereocenters. The molecule has 13 heteroatoms. The molecule has 1 aliphatic rings. The Kier molecular flexibility index (Phi) is 4.72. The second-order valence-electron chi connectivity index (χ2n) is 7.61. The number of rotatable bonds is 3. The summed E-state index contributed by atoms with van der Waals surface area (Å²) in [5.41, 5.74) is -0.0696. The normalized spacial score (nSPS) is 16.6. The van der Waals surface area contributed by atoms with Crippen LogP contribution in [-0.4, -0.2) is 46.7 Å². The van der Waals surface area contributed by atoms with Gasteiger partial charge in [0.1, 0.15) is 23.1 Å². The molecule has 1 N–H and O–H groups in total. The molecular weight excluding hydrogens is 449 g/mol. The van der Waals surface area contributed by atoms with Gasteiger partial charge in [0, 0.05) is 25.7 Å². The minimum absolute atomic E-state index is 0.0750. The molecule has 0 radical (unpaired) electrons. The van der Waals surface area contributed by atoms with Crippen LogP contribution >= 0.6 is 0 Å². The van der Waals surface area contributed by atoms with E-state index >= 15 is 0 Å². The van der Waals surface area contributed by atoms with Crippen molar-refractivity contribution in [3.05, 3.63) is 70.8 Å². The number of alkyl halides is 5. The Morgan fingerprint density at radius 3 is 2.70 bits per heavy atom. The summed E-state index contributed by atoms with van der Waals surface area (Å²) in [6.07, 6.45) is -5.66. The van der Waals surface area contributed by atoms with E-state index < -0.39 is 35.9 Å². The summed E-state index contributed by atoms with van der Waals surface area (Å²) >= 11 is 0. The van der Waals surface area contributed by atoms with Gasteiger partial charge in [0.05, 0.1) is 23.2 Å². The zero-order valence-corrected chi connectivity index (χ0v) is 17.0. The smallest absolute Gasteiger partial charge is 0.348 e. The number of nitrogens with one attached hydrogen (secondary N) is 1. The number of imidazole rings is 1. The summed E-state index contributed by atoms with van der Waals surface area (Å²) in [5.74, 6) is -0.608. The van der Waals surface area contributed by atoms with E-state index in [1.165, 1.54) is 36.5 Å². The van der Waals surface area contributed by atoms with Crippen molar-refractivity contribution in [2.24, 2.45) is 7.05 Å². The zero-order valence-electron chi connectivity index (χ0n) is 17.0. The number of hydrogen-bond donors (Lipinski definition) is 1. The second-order valence-corrected chi connectivity index (χ2v) is 7.61. The highest BCUT2D eigenvalue weighted by Gasteiger charge is 2.39. The third kappa shape index (κ3) is 3.43. The first-order valence-corrected chi connectivity index (χ1v) is 9.86. The average molecular weight is 465 g/mol. The van der Waals surface area contributed by atoms with Crippen molar-refractivity contribution in [1.29, 1.82) is 0 Å². The molecule has 1 atom stereocenters. The number of pyridine rings is 1. The highest BCUT2D eigenvalue weighted by atomic mass is 19.4. The molecule has 4 aromatic rings. The number of aryl methyl sites for hydroxylation is 1. The van der Waals surface area contributed by atoms with Gasteiger partial charge in [-0.15, -0.1) is 0 Å². The van der Waals surface area contributed by atoms with E-state index in [1.807, 2.05) is 0 Å². The van der Waals surface area contributed by atoms with E-state index in [9.17, 15) is 26.7 Å². The summed E-state index contributed by atoms with van der Waals surface area (Å²) in [6, 6.07) is 5.21. The van der Waals surface area contributed by atoms with Crippen LogP contribution in [0.15, 0.2) is 36.7 Å². The Bertz CT molecular complexity index is 1350. The van der Waals surface area contributed by atoms with E-state index in [4.69, 9.17) is 0 Å². The quantitative estimate of drug-likeness (QED) is 0.470. The first kappa shape index (κ1) is 21.1. The largest absolute Gasteiger partial charge is 0.433 e. The fourth-order valence-corrected chi connectivity index (χ4v) is 4.12. The van der Waals surface area contributed by atoms with Crippen molar-refractivity contribution in [1.82, 2.24) is 34.3 Å². The number of nitrogens with zero attached hydrogens (tertiary/aromatic N) is 6. The summed E-state index contributed by atoms with van der Waals surface area (Å²) in [4.78, 5) is 22.0. The van der Waals surface area contributed by atoms with Crippen LogP contribution in [0.2, 0.25) is 0 Å². The van der Waals surface area contributed by atoms with Gasteiger partial charge in [-0.05, 0) is 24.3 Å². The van der Waals surface area contributed by atoms with Gasteiger partial charge in [-0.1, -0.05) is 6.07 Å². The molecule has 5 rings (SSSR count). The molecule has 0 aliphatic carbocycles. The van der Waals surface area contributed by atoms with E-state index in [0.717, 1.165) is 27.0 Å². The maximum absolute atomic E-state index is 13.5. The Balaban J connectivity index is 1.63. The molecule has 0 fully saturated rings. The summed E-state index contributed by atoms with van der Waals surface area (Å²) in [7, 11) is 1.37. The van der Waals surface area contributed by atoms with Crippen LogP contribution < -0.4 is 0 Å². The van der Waals surface area contributed by atoms with Gasteiger partial charge in [-0.25, -0.2) is 18.3 Å². The molecule has 8 nitrogen and oxygen atoms in total. The Hall–Kier alpha value is -3.77. The Morgan fingerprint density at radius 2 is 2.00 bits per heavy atom. The molecule has 0 spiro atoms. The minimum atomic E-state index is -4.64. The highest BCUT2D eigenvalue weighted by Crippen LogP contribution is 2.36. The topological polar surface area (TPSA) is 84.1 Å². The fourth-order valence-electron chi connectivity index (χ4n) is 4.12. The number of carbonyl (C=O) groups excluding carboxylic acids is 1. The standard InChI is InChI=1S/C20H16F5N7O/c1-30-14(8-13(28-30)18(21)22)19(33)31-6-5-11-16(27-9-26-11)17(31)12-7-10-3-2-4-15(20(23,24)25)32(10)29-12/h2-4,7-9,17-18H,5-6H2,1H3,(H,26,27)/t17-/m0/s1. The van der Waals surface area contributed by atoms with Crippen LogP contribution in [0.5, 0.6) is 0 Å². The van der Waals surface area contributed by atoms with Gasteiger partial charge in [0.15, 0.2) is 0 Å². The molecule has 172 valence electrons. The second kappa shape index (κ2) is 7.39. The van der Waals surface area contributed by atoms with E-state index in [0.29, 0.717) is 12.1 Å². The molecule has 0 saturated heterocycles. The fraction of sp³-hybridized carbons (Fsp3) is 0.300. The van der Waals surface area contributed by atoms with Gasteiger partial charge in [0.2, 0.25) is 0 Å². The maximum atomic E-state index is 13.5. The van der Waals surface area contributed by atoms with Crippen molar-refractivity contribution in [3.63, 3.8) is 0 Å². The zero-order chi connectivity index (χ0) is 23.5. The summed E-state index contributed by atoms with van der Waals surface area (Å²) in [6.45, 7) is 0.174. The van der Waals surface area contributed by atoms with Crippen molar-refractivity contribution in [2.45, 2.75) is 25.1 Å². The van der Waals surface area contributed by atoms with Crippen LogP contribution in [0.25, 0.3) is 5.52 Å². The van der Waals surface area contributed by atoms with E-state index in [-0.39, 0.29) is 23.4 Å². The molecule has 5 heterocycles. The van der Waals surface area contributed by atoms with Gasteiger partial charge in [-0.3, -0.25) is 9.48 Å². The molecule has 33 heavy (non-hydrogen) atoms. The lowest BCUT2D eigenvalue weighted by Gasteiger charge is -2.33. The molecule has 1 amide bonds. The van der Waals surface area contributed by atoms with Crippen molar-refractivity contribution in [2.75, 3.05) is 6.54 Å². The van der Waals surface area contributed by atoms with Crippen LogP contribution in [0.4, 0.5) is 22.0 Å². The van der Waals surface area contributed by atoms with Crippen molar-refractivity contribution >= 4 is 11.4 Å².